The summed E-state index contributed by atoms with van der Waals surface area (Å²) >= 11 is 0. The van der Waals surface area contributed by atoms with Crippen molar-refractivity contribution in [3.63, 3.8) is 0 Å². The number of amides is 2. The van der Waals surface area contributed by atoms with E-state index in [-0.39, 0.29) is 17.3 Å². The number of nitrogens with zero attached hydrogens (tertiary/aromatic N) is 2. The van der Waals surface area contributed by atoms with E-state index in [1.165, 1.54) is 6.07 Å². The van der Waals surface area contributed by atoms with Gasteiger partial charge in [0.05, 0.1) is 6.54 Å². The second kappa shape index (κ2) is 10.0. The first kappa shape index (κ1) is 22.1. The first-order valence-corrected chi connectivity index (χ1v) is 11.5. The number of anilines is 1. The second-order valence-electron chi connectivity index (χ2n) is 8.66. The summed E-state index contributed by atoms with van der Waals surface area (Å²) in [6, 6.07) is 14.7. The van der Waals surface area contributed by atoms with E-state index < -0.39 is 0 Å². The lowest BCUT2D eigenvalue weighted by Crippen LogP contribution is -2.41. The Morgan fingerprint density at radius 2 is 1.88 bits per heavy atom. The maximum Gasteiger partial charge on any atom is 0.321 e. The monoisotopic (exact) mass is 437 g/mol. The summed E-state index contributed by atoms with van der Waals surface area (Å²) in [7, 11) is 0. The highest BCUT2D eigenvalue weighted by Gasteiger charge is 2.44. The van der Waals surface area contributed by atoms with Gasteiger partial charge in [-0.25, -0.2) is 14.2 Å². The van der Waals surface area contributed by atoms with Gasteiger partial charge in [0, 0.05) is 37.3 Å². The molecular formula is C25H32FN5O. The zero-order valence-electron chi connectivity index (χ0n) is 18.7. The minimum absolute atomic E-state index is 0.0158. The number of rotatable bonds is 7. The molecule has 6 nitrogen and oxygen atoms in total. The van der Waals surface area contributed by atoms with Crippen molar-refractivity contribution in [1.82, 2.24) is 15.5 Å². The summed E-state index contributed by atoms with van der Waals surface area (Å²) in [6.45, 7) is 5.65. The highest BCUT2D eigenvalue weighted by Crippen LogP contribution is 2.47. The van der Waals surface area contributed by atoms with Crippen LogP contribution < -0.4 is 16.0 Å². The summed E-state index contributed by atoms with van der Waals surface area (Å²) in [6.07, 6.45) is 4.23. The van der Waals surface area contributed by atoms with Gasteiger partial charge in [-0.2, -0.15) is 0 Å². The van der Waals surface area contributed by atoms with Crippen LogP contribution in [0.2, 0.25) is 0 Å². The standard InChI is InChI=1S/C25H32FN5O/c1-2-27-23(29-18-25(11-12-25)20-8-6-9-21(26)16-20)28-17-19-7-5-10-22(15-19)30-24(32)31-13-3-4-14-31/h5-10,15-16H,2-4,11-14,17-18H2,1H3,(H,30,32)(H2,27,28,29). The van der Waals surface area contributed by atoms with Gasteiger partial charge in [-0.1, -0.05) is 24.3 Å². The fourth-order valence-electron chi connectivity index (χ4n) is 4.17. The van der Waals surface area contributed by atoms with Crippen LogP contribution in [-0.2, 0) is 12.0 Å². The number of nitrogens with one attached hydrogen (secondary N) is 3. The molecule has 2 fully saturated rings. The lowest BCUT2D eigenvalue weighted by atomic mass is 9.96. The lowest BCUT2D eigenvalue weighted by molar-refractivity contribution is 0.222. The number of aliphatic imine (C=N–C) groups is 1. The molecule has 1 heterocycles. The molecule has 0 radical (unpaired) electrons. The van der Waals surface area contributed by atoms with Crippen LogP contribution in [0, 0.1) is 5.82 Å². The minimum atomic E-state index is -0.189. The maximum absolute atomic E-state index is 13.7. The van der Waals surface area contributed by atoms with Gasteiger partial charge in [0.1, 0.15) is 5.82 Å². The van der Waals surface area contributed by atoms with Gasteiger partial charge in [-0.3, -0.25) is 0 Å². The molecule has 32 heavy (non-hydrogen) atoms. The van der Waals surface area contributed by atoms with Crippen LogP contribution in [0.1, 0.15) is 43.7 Å². The summed E-state index contributed by atoms with van der Waals surface area (Å²) in [4.78, 5) is 18.9. The molecule has 0 atom stereocenters. The Morgan fingerprint density at radius 3 is 2.59 bits per heavy atom. The molecule has 4 rings (SSSR count). The SMILES string of the molecule is CCNC(=NCc1cccc(NC(=O)N2CCCC2)c1)NCC1(c2cccc(F)c2)CC1. The van der Waals surface area contributed by atoms with Crippen molar-refractivity contribution in [2.24, 2.45) is 4.99 Å². The predicted octanol–water partition coefficient (Wildman–Crippen LogP) is 4.24. The van der Waals surface area contributed by atoms with Crippen LogP contribution in [0.3, 0.4) is 0 Å². The number of carbonyl (C=O) groups excluding carboxylic acids is 1. The zero-order valence-corrected chi connectivity index (χ0v) is 18.7. The number of carbonyl (C=O) groups is 1. The number of hydrogen-bond acceptors (Lipinski definition) is 2. The Labute approximate surface area is 189 Å². The van der Waals surface area contributed by atoms with Crippen LogP contribution >= 0.6 is 0 Å². The Morgan fingerprint density at radius 1 is 1.09 bits per heavy atom. The van der Waals surface area contributed by atoms with Gasteiger partial charge in [0.15, 0.2) is 5.96 Å². The molecule has 1 saturated carbocycles. The molecular weight excluding hydrogens is 405 g/mol. The number of halogens is 1. The quantitative estimate of drug-likeness (QED) is 0.448. The summed E-state index contributed by atoms with van der Waals surface area (Å²) in [5.41, 5.74) is 2.84. The fraction of sp³-hybridized carbons (Fsp3) is 0.440. The third-order valence-electron chi connectivity index (χ3n) is 6.22. The van der Waals surface area contributed by atoms with Gasteiger partial charge in [0.25, 0.3) is 0 Å². The van der Waals surface area contributed by atoms with Crippen molar-refractivity contribution in [1.29, 1.82) is 0 Å². The third kappa shape index (κ3) is 5.58. The predicted molar refractivity (Wildman–Crippen MR) is 126 cm³/mol. The van der Waals surface area contributed by atoms with Gasteiger partial charge >= 0.3 is 6.03 Å². The van der Waals surface area contributed by atoms with Crippen molar-refractivity contribution in [3.05, 3.63) is 65.5 Å². The van der Waals surface area contributed by atoms with Crippen LogP contribution in [0.4, 0.5) is 14.9 Å². The van der Waals surface area contributed by atoms with Crippen LogP contribution in [0.5, 0.6) is 0 Å². The molecule has 7 heteroatoms. The Balaban J connectivity index is 1.36. The Kier molecular flexibility index (Phi) is 6.93. The molecule has 0 aromatic heterocycles. The molecule has 1 aliphatic heterocycles. The topological polar surface area (TPSA) is 68.8 Å². The van der Waals surface area contributed by atoms with E-state index in [2.05, 4.69) is 16.0 Å². The lowest BCUT2D eigenvalue weighted by Gasteiger charge is -2.19. The van der Waals surface area contributed by atoms with E-state index in [0.717, 1.165) is 68.1 Å². The normalized spacial score (nSPS) is 17.2. The molecule has 2 amide bonds. The van der Waals surface area contributed by atoms with Crippen LogP contribution in [-0.4, -0.2) is 43.1 Å². The summed E-state index contributed by atoms with van der Waals surface area (Å²) in [5.74, 6) is 0.549. The van der Waals surface area contributed by atoms with Crippen molar-refractivity contribution < 1.29 is 9.18 Å². The van der Waals surface area contributed by atoms with Gasteiger partial charge in [-0.05, 0) is 68.0 Å². The Bertz CT molecular complexity index is 966. The number of hydrogen-bond donors (Lipinski definition) is 3. The largest absolute Gasteiger partial charge is 0.357 e. The van der Waals surface area contributed by atoms with E-state index in [0.29, 0.717) is 13.1 Å². The summed E-state index contributed by atoms with van der Waals surface area (Å²) in [5, 5.41) is 9.71. The minimum Gasteiger partial charge on any atom is -0.357 e. The number of urea groups is 1. The highest BCUT2D eigenvalue weighted by atomic mass is 19.1. The average molecular weight is 438 g/mol. The van der Waals surface area contributed by atoms with Gasteiger partial charge in [0.2, 0.25) is 0 Å². The van der Waals surface area contributed by atoms with Crippen molar-refractivity contribution in [2.45, 2.75) is 44.6 Å². The number of guanidine groups is 1. The zero-order chi connectivity index (χ0) is 22.4. The van der Waals surface area contributed by atoms with Crippen molar-refractivity contribution >= 4 is 17.7 Å². The van der Waals surface area contributed by atoms with Crippen LogP contribution in [0.25, 0.3) is 0 Å². The molecule has 2 aromatic carbocycles. The number of likely N-dealkylation sites (tertiary alicyclic amines) is 1. The molecule has 1 aliphatic carbocycles. The van der Waals surface area contributed by atoms with Gasteiger partial charge in [-0.15, -0.1) is 0 Å². The van der Waals surface area contributed by atoms with Crippen molar-refractivity contribution in [2.75, 3.05) is 31.5 Å². The average Bonchev–Trinajstić information content (AvgIpc) is 3.38. The molecule has 1 saturated heterocycles. The molecule has 0 spiro atoms. The molecule has 2 aromatic rings. The first-order chi connectivity index (χ1) is 15.6. The van der Waals surface area contributed by atoms with E-state index in [1.807, 2.05) is 42.2 Å². The number of benzene rings is 2. The van der Waals surface area contributed by atoms with Gasteiger partial charge < -0.3 is 20.9 Å². The highest BCUT2D eigenvalue weighted by molar-refractivity contribution is 5.89. The van der Waals surface area contributed by atoms with E-state index in [4.69, 9.17) is 4.99 Å². The molecule has 0 unspecified atom stereocenters. The second-order valence-corrected chi connectivity index (χ2v) is 8.66. The van der Waals surface area contributed by atoms with E-state index >= 15 is 0 Å². The van der Waals surface area contributed by atoms with Crippen molar-refractivity contribution in [3.8, 4) is 0 Å². The van der Waals surface area contributed by atoms with E-state index in [9.17, 15) is 9.18 Å². The van der Waals surface area contributed by atoms with E-state index in [1.54, 1.807) is 12.1 Å². The molecule has 170 valence electrons. The van der Waals surface area contributed by atoms with Crippen LogP contribution in [0.15, 0.2) is 53.5 Å². The smallest absolute Gasteiger partial charge is 0.321 e. The first-order valence-electron chi connectivity index (χ1n) is 11.5. The third-order valence-corrected chi connectivity index (χ3v) is 6.22. The maximum atomic E-state index is 13.7. The molecule has 2 aliphatic rings. The molecule has 0 bridgehead atoms. The summed E-state index contributed by atoms with van der Waals surface area (Å²) < 4.78 is 13.7. The Hall–Kier alpha value is -3.09. The fourth-order valence-corrected chi connectivity index (χ4v) is 4.17. The molecule has 3 N–H and O–H groups in total.